The number of hydrogen-bond acceptors (Lipinski definition) is 6. The maximum Gasteiger partial charge on any atom is 0.372 e. The van der Waals surface area contributed by atoms with Crippen LogP contribution in [0, 0.1) is 10.1 Å². The minimum Gasteiger partial charge on any atom is -0.391 e. The van der Waals surface area contributed by atoms with Crippen LogP contribution in [0.5, 0.6) is 0 Å². The zero-order valence-corrected chi connectivity index (χ0v) is 11.7. The molecule has 1 aliphatic carbocycles. The van der Waals surface area contributed by atoms with E-state index in [1.165, 1.54) is 15.7 Å². The van der Waals surface area contributed by atoms with E-state index in [1.54, 1.807) is 11.6 Å². The zero-order chi connectivity index (χ0) is 14.1. The highest BCUT2D eigenvalue weighted by atomic mass is 32.1. The van der Waals surface area contributed by atoms with Crippen LogP contribution in [0.2, 0.25) is 0 Å². The summed E-state index contributed by atoms with van der Waals surface area (Å²) in [7, 11) is 0. The van der Waals surface area contributed by atoms with Crippen molar-refractivity contribution in [3.05, 3.63) is 21.7 Å². The van der Waals surface area contributed by atoms with Gasteiger partial charge < -0.3 is 20.5 Å². The van der Waals surface area contributed by atoms with E-state index in [0.717, 1.165) is 32.1 Å². The Balaban J connectivity index is 1.91. The first-order chi connectivity index (χ1) is 9.66. The number of anilines is 1. The van der Waals surface area contributed by atoms with Gasteiger partial charge in [0.05, 0.1) is 12.1 Å². The summed E-state index contributed by atoms with van der Waals surface area (Å²) in [4.78, 5) is 15.7. The minimum absolute atomic E-state index is 0.0577. The molecule has 1 aliphatic rings. The Hall–Kier alpha value is -1.67. The molecular weight excluding hydrogens is 280 g/mol. The zero-order valence-electron chi connectivity index (χ0n) is 10.9. The predicted octanol–water partition coefficient (Wildman–Crippen LogP) is 2.41. The number of fused-ring (bicyclic) bond motifs is 1. The number of hydrogen-bond donors (Lipinski definition) is 2. The first-order valence-corrected chi connectivity index (χ1v) is 7.59. The third kappa shape index (κ3) is 2.36. The number of aliphatic hydroxyl groups is 1. The molecule has 2 heterocycles. The van der Waals surface area contributed by atoms with E-state index in [2.05, 4.69) is 10.3 Å². The van der Waals surface area contributed by atoms with Crippen LogP contribution in [0.25, 0.3) is 4.96 Å². The SMILES string of the molecule is O=[N+]([O-])c1c(NC2CCCCCC2O)nc2sccn12. The molecule has 0 saturated heterocycles. The van der Waals surface area contributed by atoms with Crippen molar-refractivity contribution in [1.82, 2.24) is 9.38 Å². The Morgan fingerprint density at radius 2 is 2.25 bits per heavy atom. The first-order valence-electron chi connectivity index (χ1n) is 6.71. The van der Waals surface area contributed by atoms with Crippen molar-refractivity contribution in [3.63, 3.8) is 0 Å². The topological polar surface area (TPSA) is 92.7 Å². The fraction of sp³-hybridized carbons (Fsp3) is 0.583. The lowest BCUT2D eigenvalue weighted by molar-refractivity contribution is -0.389. The Labute approximate surface area is 119 Å². The molecule has 3 rings (SSSR count). The fourth-order valence-electron chi connectivity index (χ4n) is 2.68. The number of nitrogens with zero attached hydrogens (tertiary/aromatic N) is 3. The molecule has 0 bridgehead atoms. The van der Waals surface area contributed by atoms with Crippen LogP contribution in [0.4, 0.5) is 11.6 Å². The second-order valence-corrected chi connectivity index (χ2v) is 5.93. The monoisotopic (exact) mass is 296 g/mol. The van der Waals surface area contributed by atoms with Crippen LogP contribution >= 0.6 is 11.3 Å². The highest BCUT2D eigenvalue weighted by molar-refractivity contribution is 7.15. The van der Waals surface area contributed by atoms with E-state index in [-0.39, 0.29) is 17.7 Å². The number of nitrogens with one attached hydrogen (secondary N) is 1. The Kier molecular flexibility index (Phi) is 3.58. The van der Waals surface area contributed by atoms with Crippen molar-refractivity contribution in [3.8, 4) is 0 Å². The van der Waals surface area contributed by atoms with Gasteiger partial charge in [-0.2, -0.15) is 9.38 Å². The number of rotatable bonds is 3. The molecule has 20 heavy (non-hydrogen) atoms. The second kappa shape index (κ2) is 5.37. The Morgan fingerprint density at radius 3 is 3.05 bits per heavy atom. The molecule has 2 atom stereocenters. The van der Waals surface area contributed by atoms with E-state index in [0.29, 0.717) is 4.96 Å². The maximum absolute atomic E-state index is 11.2. The van der Waals surface area contributed by atoms with E-state index in [9.17, 15) is 15.2 Å². The molecule has 0 radical (unpaired) electrons. The lowest BCUT2D eigenvalue weighted by Crippen LogP contribution is -2.32. The summed E-state index contributed by atoms with van der Waals surface area (Å²) in [6.45, 7) is 0. The van der Waals surface area contributed by atoms with Gasteiger partial charge in [0.15, 0.2) is 0 Å². The Bertz CT molecular complexity index is 623. The number of thiazole rings is 1. The largest absolute Gasteiger partial charge is 0.391 e. The van der Waals surface area contributed by atoms with Gasteiger partial charge in [0.25, 0.3) is 4.96 Å². The predicted molar refractivity (Wildman–Crippen MR) is 76.2 cm³/mol. The molecular formula is C12H16N4O3S. The number of nitro groups is 1. The van der Waals surface area contributed by atoms with Crippen molar-refractivity contribution in [2.45, 2.75) is 44.2 Å². The van der Waals surface area contributed by atoms with Gasteiger partial charge in [-0.05, 0) is 17.8 Å². The number of aromatic nitrogens is 2. The summed E-state index contributed by atoms with van der Waals surface area (Å²) in [6, 6.07) is -0.166. The highest BCUT2D eigenvalue weighted by Gasteiger charge is 2.28. The van der Waals surface area contributed by atoms with Gasteiger partial charge in [-0.15, -0.1) is 0 Å². The van der Waals surface area contributed by atoms with Gasteiger partial charge in [0, 0.05) is 5.38 Å². The van der Waals surface area contributed by atoms with Gasteiger partial charge in [0.1, 0.15) is 6.20 Å². The van der Waals surface area contributed by atoms with Crippen LogP contribution in [-0.2, 0) is 0 Å². The molecule has 2 unspecified atom stereocenters. The van der Waals surface area contributed by atoms with Crippen LogP contribution in [-0.4, -0.2) is 31.6 Å². The summed E-state index contributed by atoms with van der Waals surface area (Å²) in [5.41, 5.74) is 0. The van der Waals surface area contributed by atoms with Crippen molar-refractivity contribution in [1.29, 1.82) is 0 Å². The van der Waals surface area contributed by atoms with E-state index < -0.39 is 11.0 Å². The third-order valence-electron chi connectivity index (χ3n) is 3.71. The molecule has 0 aromatic carbocycles. The Morgan fingerprint density at radius 1 is 1.45 bits per heavy atom. The lowest BCUT2D eigenvalue weighted by atomic mass is 10.1. The summed E-state index contributed by atoms with van der Waals surface area (Å²) < 4.78 is 1.47. The van der Waals surface area contributed by atoms with Crippen LogP contribution < -0.4 is 5.32 Å². The first kappa shape index (κ1) is 13.3. The summed E-state index contributed by atoms with van der Waals surface area (Å²) in [5.74, 6) is 0.200. The summed E-state index contributed by atoms with van der Waals surface area (Å²) >= 11 is 1.35. The van der Waals surface area contributed by atoms with Crippen molar-refractivity contribution < 1.29 is 10.0 Å². The van der Waals surface area contributed by atoms with Gasteiger partial charge in [-0.25, -0.2) is 0 Å². The molecule has 0 amide bonds. The summed E-state index contributed by atoms with van der Waals surface area (Å²) in [6.07, 6.45) is 5.81. The summed E-state index contributed by atoms with van der Waals surface area (Å²) in [5, 5.41) is 26.2. The van der Waals surface area contributed by atoms with Crippen molar-refractivity contribution in [2.75, 3.05) is 5.32 Å². The molecule has 1 saturated carbocycles. The minimum atomic E-state index is -0.475. The molecule has 0 spiro atoms. The van der Waals surface area contributed by atoms with E-state index in [1.807, 2.05) is 0 Å². The van der Waals surface area contributed by atoms with Gasteiger partial charge in [-0.1, -0.05) is 30.6 Å². The second-order valence-electron chi connectivity index (χ2n) is 5.05. The van der Waals surface area contributed by atoms with Crippen molar-refractivity contribution >= 4 is 27.9 Å². The molecule has 2 aromatic rings. The van der Waals surface area contributed by atoms with Crippen LogP contribution in [0.1, 0.15) is 32.1 Å². The molecule has 7 nitrogen and oxygen atoms in total. The van der Waals surface area contributed by atoms with Gasteiger partial charge in [-0.3, -0.25) is 0 Å². The number of aliphatic hydroxyl groups excluding tert-OH is 1. The molecule has 2 aromatic heterocycles. The third-order valence-corrected chi connectivity index (χ3v) is 4.47. The average molecular weight is 296 g/mol. The van der Waals surface area contributed by atoms with E-state index in [4.69, 9.17) is 0 Å². The van der Waals surface area contributed by atoms with E-state index >= 15 is 0 Å². The smallest absolute Gasteiger partial charge is 0.372 e. The normalized spacial score (nSPS) is 23.6. The maximum atomic E-state index is 11.2. The quantitative estimate of drug-likeness (QED) is 0.515. The molecule has 8 heteroatoms. The fourth-order valence-corrected chi connectivity index (χ4v) is 3.39. The lowest BCUT2D eigenvalue weighted by Gasteiger charge is -2.21. The number of imidazole rings is 1. The van der Waals surface area contributed by atoms with Crippen LogP contribution in [0.15, 0.2) is 11.6 Å². The average Bonchev–Trinajstić information content (AvgIpc) is 2.89. The molecule has 0 aliphatic heterocycles. The molecule has 1 fully saturated rings. The molecule has 108 valence electrons. The van der Waals surface area contributed by atoms with Gasteiger partial charge in [0.2, 0.25) is 5.82 Å². The van der Waals surface area contributed by atoms with Crippen molar-refractivity contribution in [2.24, 2.45) is 0 Å². The van der Waals surface area contributed by atoms with Gasteiger partial charge >= 0.3 is 5.82 Å². The highest BCUT2D eigenvalue weighted by Crippen LogP contribution is 2.30. The molecule has 2 N–H and O–H groups in total. The standard InChI is InChI=1S/C12H16N4O3S/c17-9-5-3-1-2-4-8(9)13-10-11(16(18)19)15-6-7-20-12(15)14-10/h6-9,13,17H,1-5H2. The van der Waals surface area contributed by atoms with Crippen LogP contribution in [0.3, 0.4) is 0 Å².